The third-order valence-corrected chi connectivity index (χ3v) is 6.14. The first-order chi connectivity index (χ1) is 12.9. The molecule has 0 fully saturated rings. The van der Waals surface area contributed by atoms with Gasteiger partial charge in [-0.25, -0.2) is 8.42 Å². The third-order valence-electron chi connectivity index (χ3n) is 4.01. The highest BCUT2D eigenvalue weighted by atomic mass is 35.5. The number of anilines is 2. The van der Waals surface area contributed by atoms with Gasteiger partial charge in [-0.05, 0) is 48.5 Å². The van der Waals surface area contributed by atoms with Gasteiger partial charge in [0.05, 0.1) is 21.2 Å². The SMILES string of the molecule is CN(c1ccccc1)S(=O)(=O)c1ccc(NC(=O)c2ccccc2Cl)cc1. The number of carbonyl (C=O) groups is 1. The van der Waals surface area contributed by atoms with Gasteiger partial charge in [-0.1, -0.05) is 41.9 Å². The standard InChI is InChI=1S/C20H17ClN2O3S/c1-23(16-7-3-2-4-8-16)27(25,26)17-13-11-15(12-14-17)22-20(24)18-9-5-6-10-19(18)21/h2-14H,1H3,(H,22,24). The summed E-state index contributed by atoms with van der Waals surface area (Å²) in [6.07, 6.45) is 0. The maximum atomic E-state index is 12.8. The normalized spacial score (nSPS) is 11.0. The molecule has 0 unspecified atom stereocenters. The minimum Gasteiger partial charge on any atom is -0.322 e. The van der Waals surface area contributed by atoms with Gasteiger partial charge >= 0.3 is 0 Å². The van der Waals surface area contributed by atoms with E-state index in [1.165, 1.54) is 23.5 Å². The highest BCUT2D eigenvalue weighted by molar-refractivity contribution is 7.92. The minimum absolute atomic E-state index is 0.129. The Labute approximate surface area is 163 Å². The van der Waals surface area contributed by atoms with E-state index >= 15 is 0 Å². The van der Waals surface area contributed by atoms with Crippen molar-refractivity contribution in [3.05, 3.63) is 89.4 Å². The van der Waals surface area contributed by atoms with Gasteiger partial charge in [0.25, 0.3) is 15.9 Å². The number of carbonyl (C=O) groups excluding carboxylic acids is 1. The number of nitrogens with zero attached hydrogens (tertiary/aromatic N) is 1. The second kappa shape index (κ2) is 7.82. The third kappa shape index (κ3) is 4.13. The van der Waals surface area contributed by atoms with Gasteiger partial charge in [-0.15, -0.1) is 0 Å². The van der Waals surface area contributed by atoms with Gasteiger partial charge in [-0.3, -0.25) is 9.10 Å². The summed E-state index contributed by atoms with van der Waals surface area (Å²) in [6.45, 7) is 0. The van der Waals surface area contributed by atoms with Crippen LogP contribution in [-0.2, 0) is 10.0 Å². The molecule has 27 heavy (non-hydrogen) atoms. The lowest BCUT2D eigenvalue weighted by Crippen LogP contribution is -2.26. The Morgan fingerprint density at radius 2 is 1.48 bits per heavy atom. The fourth-order valence-corrected chi connectivity index (χ4v) is 3.91. The molecule has 0 saturated heterocycles. The number of nitrogens with one attached hydrogen (secondary N) is 1. The molecule has 1 amide bonds. The fourth-order valence-electron chi connectivity index (χ4n) is 2.49. The van der Waals surface area contributed by atoms with Crippen molar-refractivity contribution < 1.29 is 13.2 Å². The van der Waals surface area contributed by atoms with Crippen LogP contribution in [-0.4, -0.2) is 21.4 Å². The van der Waals surface area contributed by atoms with E-state index in [-0.39, 0.29) is 10.8 Å². The van der Waals surface area contributed by atoms with Crippen molar-refractivity contribution in [3.63, 3.8) is 0 Å². The average Bonchev–Trinajstić information content (AvgIpc) is 2.68. The van der Waals surface area contributed by atoms with E-state index < -0.39 is 10.0 Å². The van der Waals surface area contributed by atoms with Gasteiger partial charge in [0.2, 0.25) is 0 Å². The van der Waals surface area contributed by atoms with Gasteiger partial charge in [0.15, 0.2) is 0 Å². The molecule has 3 aromatic carbocycles. The Morgan fingerprint density at radius 1 is 0.889 bits per heavy atom. The first-order valence-corrected chi connectivity index (χ1v) is 9.91. The predicted octanol–water partition coefficient (Wildman–Crippen LogP) is 4.42. The number of amides is 1. The molecule has 0 radical (unpaired) electrons. The van der Waals surface area contributed by atoms with Crippen LogP contribution in [0.1, 0.15) is 10.4 Å². The Bertz CT molecular complexity index is 1050. The molecule has 0 heterocycles. The van der Waals surface area contributed by atoms with Crippen LogP contribution in [0.15, 0.2) is 83.8 Å². The number of benzene rings is 3. The van der Waals surface area contributed by atoms with E-state index in [0.29, 0.717) is 22.0 Å². The number of para-hydroxylation sites is 1. The lowest BCUT2D eigenvalue weighted by Gasteiger charge is -2.19. The Kier molecular flexibility index (Phi) is 5.48. The largest absolute Gasteiger partial charge is 0.322 e. The van der Waals surface area contributed by atoms with Crippen molar-refractivity contribution in [1.29, 1.82) is 0 Å². The molecular formula is C20H17ClN2O3S. The molecule has 0 bridgehead atoms. The van der Waals surface area contributed by atoms with Crippen molar-refractivity contribution in [2.75, 3.05) is 16.7 Å². The summed E-state index contributed by atoms with van der Waals surface area (Å²) in [7, 11) is -2.20. The molecule has 0 aliphatic carbocycles. The monoisotopic (exact) mass is 400 g/mol. The predicted molar refractivity (Wildman–Crippen MR) is 108 cm³/mol. The van der Waals surface area contributed by atoms with Gasteiger partial charge < -0.3 is 5.32 Å². The number of rotatable bonds is 5. The molecule has 138 valence electrons. The smallest absolute Gasteiger partial charge is 0.264 e. The first kappa shape index (κ1) is 18.9. The fraction of sp³-hybridized carbons (Fsp3) is 0.0500. The molecule has 0 saturated carbocycles. The Hall–Kier alpha value is -2.83. The van der Waals surface area contributed by atoms with E-state index in [9.17, 15) is 13.2 Å². The van der Waals surface area contributed by atoms with E-state index in [1.807, 2.05) is 6.07 Å². The second-order valence-electron chi connectivity index (χ2n) is 5.77. The van der Waals surface area contributed by atoms with Gasteiger partial charge in [0, 0.05) is 12.7 Å². The number of sulfonamides is 1. The number of halogens is 1. The summed E-state index contributed by atoms with van der Waals surface area (Å²) in [4.78, 5) is 12.4. The zero-order valence-corrected chi connectivity index (χ0v) is 16.0. The molecule has 7 heteroatoms. The maximum Gasteiger partial charge on any atom is 0.264 e. The van der Waals surface area contributed by atoms with E-state index in [0.717, 1.165) is 0 Å². The lowest BCUT2D eigenvalue weighted by atomic mass is 10.2. The van der Waals surface area contributed by atoms with Crippen LogP contribution in [0.5, 0.6) is 0 Å². The van der Waals surface area contributed by atoms with Crippen LogP contribution in [0.4, 0.5) is 11.4 Å². The summed E-state index contributed by atoms with van der Waals surface area (Å²) in [6, 6.07) is 21.5. The first-order valence-electron chi connectivity index (χ1n) is 8.09. The maximum absolute atomic E-state index is 12.8. The van der Waals surface area contributed by atoms with Crippen LogP contribution in [0, 0.1) is 0 Å². The highest BCUT2D eigenvalue weighted by Crippen LogP contribution is 2.23. The molecular weight excluding hydrogens is 384 g/mol. The molecule has 3 aromatic rings. The van der Waals surface area contributed by atoms with E-state index in [2.05, 4.69) is 5.32 Å². The summed E-state index contributed by atoms with van der Waals surface area (Å²) < 4.78 is 26.7. The number of hydrogen-bond donors (Lipinski definition) is 1. The van der Waals surface area contributed by atoms with Crippen LogP contribution in [0.2, 0.25) is 5.02 Å². The van der Waals surface area contributed by atoms with E-state index in [4.69, 9.17) is 11.6 Å². The summed E-state index contributed by atoms with van der Waals surface area (Å²) in [5.41, 5.74) is 1.38. The topological polar surface area (TPSA) is 66.5 Å². The molecule has 0 aromatic heterocycles. The van der Waals surface area contributed by atoms with Crippen LogP contribution in [0.3, 0.4) is 0 Å². The summed E-state index contributed by atoms with van der Waals surface area (Å²) in [5.74, 6) is -0.363. The Balaban J connectivity index is 1.79. The zero-order valence-electron chi connectivity index (χ0n) is 14.5. The molecule has 0 aliphatic rings. The van der Waals surface area contributed by atoms with Crippen LogP contribution in [0.25, 0.3) is 0 Å². The van der Waals surface area contributed by atoms with Gasteiger partial charge in [0.1, 0.15) is 0 Å². The second-order valence-corrected chi connectivity index (χ2v) is 8.14. The van der Waals surface area contributed by atoms with Crippen molar-refractivity contribution in [1.82, 2.24) is 0 Å². The molecule has 1 N–H and O–H groups in total. The zero-order chi connectivity index (χ0) is 19.4. The van der Waals surface area contributed by atoms with Crippen molar-refractivity contribution in [2.45, 2.75) is 4.90 Å². The van der Waals surface area contributed by atoms with Crippen molar-refractivity contribution in [3.8, 4) is 0 Å². The molecule has 5 nitrogen and oxygen atoms in total. The molecule has 3 rings (SSSR count). The highest BCUT2D eigenvalue weighted by Gasteiger charge is 2.21. The summed E-state index contributed by atoms with van der Waals surface area (Å²) >= 11 is 6.02. The minimum atomic E-state index is -3.70. The number of hydrogen-bond acceptors (Lipinski definition) is 3. The van der Waals surface area contributed by atoms with E-state index in [1.54, 1.807) is 60.7 Å². The van der Waals surface area contributed by atoms with Crippen LogP contribution < -0.4 is 9.62 Å². The summed E-state index contributed by atoms with van der Waals surface area (Å²) in [5, 5.41) is 3.05. The average molecular weight is 401 g/mol. The van der Waals surface area contributed by atoms with Crippen LogP contribution >= 0.6 is 11.6 Å². The van der Waals surface area contributed by atoms with Crippen molar-refractivity contribution >= 4 is 38.9 Å². The van der Waals surface area contributed by atoms with Crippen molar-refractivity contribution in [2.24, 2.45) is 0 Å². The quantitative estimate of drug-likeness (QED) is 0.689. The molecule has 0 spiro atoms. The molecule has 0 atom stereocenters. The van der Waals surface area contributed by atoms with Gasteiger partial charge in [-0.2, -0.15) is 0 Å². The molecule has 0 aliphatic heterocycles. The Morgan fingerprint density at radius 3 is 2.11 bits per heavy atom. The lowest BCUT2D eigenvalue weighted by molar-refractivity contribution is 0.102.